The molecule has 102 valence electrons. The first-order valence-corrected chi connectivity index (χ1v) is 6.92. The lowest BCUT2D eigenvalue weighted by molar-refractivity contribution is 1.05. The zero-order chi connectivity index (χ0) is 14.4. The number of benzene rings is 2. The molecule has 0 saturated heterocycles. The Morgan fingerprint density at radius 3 is 2.55 bits per heavy atom. The number of halogens is 2. The predicted molar refractivity (Wildman–Crippen MR) is 89.9 cm³/mol. The molecular weight excluding hydrogens is 313 g/mol. The number of nitrogens with one attached hydrogen (secondary N) is 2. The van der Waals surface area contributed by atoms with Gasteiger partial charge in [0.05, 0.1) is 11.2 Å². The minimum atomic E-state index is 0.400. The van der Waals surface area contributed by atoms with Gasteiger partial charge in [-0.2, -0.15) is 5.10 Å². The molecule has 0 bridgehead atoms. The fraction of sp³-hybridized carbons (Fsp3) is 0. The van der Waals surface area contributed by atoms with Crippen molar-refractivity contribution in [2.24, 2.45) is 5.10 Å². The molecule has 2 N–H and O–H groups in total. The first-order chi connectivity index (χ1) is 9.65. The van der Waals surface area contributed by atoms with Crippen molar-refractivity contribution in [3.05, 3.63) is 64.1 Å². The maximum Gasteiger partial charge on any atom is 0.191 e. The summed E-state index contributed by atoms with van der Waals surface area (Å²) < 4.78 is 0. The second-order valence-electron chi connectivity index (χ2n) is 3.86. The number of hydrogen-bond donors (Lipinski definition) is 2. The molecular formula is C14H11Cl2N3S. The van der Waals surface area contributed by atoms with E-state index in [0.717, 1.165) is 11.3 Å². The minimum Gasteiger partial charge on any atom is -0.331 e. The van der Waals surface area contributed by atoms with Crippen LogP contribution >= 0.6 is 35.4 Å². The third kappa shape index (κ3) is 4.49. The Bertz CT molecular complexity index is 630. The van der Waals surface area contributed by atoms with Crippen molar-refractivity contribution in [1.82, 2.24) is 5.43 Å². The van der Waals surface area contributed by atoms with Crippen LogP contribution in [0.3, 0.4) is 0 Å². The average molecular weight is 324 g/mol. The largest absolute Gasteiger partial charge is 0.331 e. The summed E-state index contributed by atoms with van der Waals surface area (Å²) in [6.45, 7) is 0. The van der Waals surface area contributed by atoms with Crippen LogP contribution in [-0.2, 0) is 0 Å². The average Bonchev–Trinajstić information content (AvgIpc) is 2.42. The van der Waals surface area contributed by atoms with Gasteiger partial charge >= 0.3 is 0 Å². The van der Waals surface area contributed by atoms with E-state index in [1.807, 2.05) is 30.3 Å². The van der Waals surface area contributed by atoms with Crippen LogP contribution in [0.2, 0.25) is 10.0 Å². The molecule has 0 fully saturated rings. The summed E-state index contributed by atoms with van der Waals surface area (Å²) in [6, 6.07) is 14.8. The Hall–Kier alpha value is -1.62. The second-order valence-corrected chi connectivity index (χ2v) is 5.11. The van der Waals surface area contributed by atoms with Crippen molar-refractivity contribution >= 4 is 52.4 Å². The number of rotatable bonds is 3. The molecule has 20 heavy (non-hydrogen) atoms. The molecule has 0 aliphatic rings. The zero-order valence-corrected chi connectivity index (χ0v) is 12.6. The van der Waals surface area contributed by atoms with Crippen molar-refractivity contribution < 1.29 is 0 Å². The number of hydrogen-bond acceptors (Lipinski definition) is 2. The summed E-state index contributed by atoms with van der Waals surface area (Å²) in [4.78, 5) is 0. The highest BCUT2D eigenvalue weighted by Gasteiger charge is 1.98. The van der Waals surface area contributed by atoms with E-state index in [-0.39, 0.29) is 0 Å². The number of thiocarbonyl (C=S) groups is 1. The van der Waals surface area contributed by atoms with Gasteiger partial charge in [-0.15, -0.1) is 0 Å². The summed E-state index contributed by atoms with van der Waals surface area (Å²) in [5.74, 6) is 0. The lowest BCUT2D eigenvalue weighted by atomic mass is 10.2. The van der Waals surface area contributed by atoms with Gasteiger partial charge in [0.25, 0.3) is 0 Å². The number of para-hydroxylation sites is 1. The normalized spacial score (nSPS) is 10.5. The molecule has 0 spiro atoms. The van der Waals surface area contributed by atoms with Crippen molar-refractivity contribution in [2.75, 3.05) is 5.32 Å². The molecule has 3 nitrogen and oxygen atoms in total. The lowest BCUT2D eigenvalue weighted by Crippen LogP contribution is -2.23. The Morgan fingerprint density at radius 2 is 1.85 bits per heavy atom. The summed E-state index contributed by atoms with van der Waals surface area (Å²) in [5.41, 5.74) is 4.37. The van der Waals surface area contributed by atoms with Gasteiger partial charge < -0.3 is 5.32 Å². The molecule has 2 aromatic rings. The van der Waals surface area contributed by atoms with Crippen LogP contribution in [0, 0.1) is 0 Å². The van der Waals surface area contributed by atoms with Crippen molar-refractivity contribution in [3.63, 3.8) is 0 Å². The predicted octanol–water partition coefficient (Wildman–Crippen LogP) is 4.31. The first-order valence-electron chi connectivity index (χ1n) is 5.75. The van der Waals surface area contributed by atoms with E-state index in [0.29, 0.717) is 15.2 Å². The molecule has 2 aromatic carbocycles. The number of anilines is 1. The second kappa shape index (κ2) is 7.24. The van der Waals surface area contributed by atoms with Crippen LogP contribution in [0.1, 0.15) is 5.56 Å². The highest BCUT2D eigenvalue weighted by Crippen LogP contribution is 2.19. The van der Waals surface area contributed by atoms with E-state index in [9.17, 15) is 0 Å². The van der Waals surface area contributed by atoms with Gasteiger partial charge in [0.1, 0.15) is 0 Å². The van der Waals surface area contributed by atoms with E-state index in [4.69, 9.17) is 35.4 Å². The smallest absolute Gasteiger partial charge is 0.191 e. The monoisotopic (exact) mass is 323 g/mol. The molecule has 0 amide bonds. The molecule has 2 rings (SSSR count). The third-order valence-corrected chi connectivity index (χ3v) is 3.12. The van der Waals surface area contributed by atoms with Crippen LogP contribution in [0.4, 0.5) is 5.69 Å². The molecule has 0 atom stereocenters. The Morgan fingerprint density at radius 1 is 1.10 bits per heavy atom. The van der Waals surface area contributed by atoms with E-state index >= 15 is 0 Å². The van der Waals surface area contributed by atoms with Crippen LogP contribution in [0.5, 0.6) is 0 Å². The van der Waals surface area contributed by atoms with Crippen LogP contribution in [0.15, 0.2) is 53.6 Å². The van der Waals surface area contributed by atoms with Crippen molar-refractivity contribution in [1.29, 1.82) is 0 Å². The van der Waals surface area contributed by atoms with Gasteiger partial charge in [0.2, 0.25) is 0 Å². The van der Waals surface area contributed by atoms with E-state index in [1.54, 1.807) is 24.4 Å². The quantitative estimate of drug-likeness (QED) is 0.502. The minimum absolute atomic E-state index is 0.400. The highest BCUT2D eigenvalue weighted by atomic mass is 35.5. The lowest BCUT2D eigenvalue weighted by Gasteiger charge is -2.06. The van der Waals surface area contributed by atoms with Crippen LogP contribution in [0.25, 0.3) is 0 Å². The maximum atomic E-state index is 6.02. The maximum absolute atomic E-state index is 6.02. The summed E-state index contributed by atoms with van der Waals surface area (Å²) in [7, 11) is 0. The van der Waals surface area contributed by atoms with E-state index < -0.39 is 0 Å². The first kappa shape index (κ1) is 14.8. The SMILES string of the molecule is S=C(N/N=C\c1ccc(Cl)cc1Cl)Nc1ccccc1. The topological polar surface area (TPSA) is 36.4 Å². The van der Waals surface area contributed by atoms with E-state index in [2.05, 4.69) is 15.8 Å². The van der Waals surface area contributed by atoms with Gasteiger partial charge in [0, 0.05) is 16.3 Å². The molecule has 0 aromatic heterocycles. The Balaban J connectivity index is 1.91. The fourth-order valence-corrected chi connectivity index (χ4v) is 2.08. The Labute approximate surface area is 132 Å². The standard InChI is InChI=1S/C14H11Cl2N3S/c15-11-7-6-10(13(16)8-11)9-17-19-14(20)18-12-4-2-1-3-5-12/h1-9H,(H2,18,19,20)/b17-9-. The molecule has 6 heteroatoms. The van der Waals surface area contributed by atoms with Gasteiger partial charge in [-0.05, 0) is 36.5 Å². The van der Waals surface area contributed by atoms with Gasteiger partial charge in [-0.1, -0.05) is 47.5 Å². The van der Waals surface area contributed by atoms with Gasteiger partial charge in [-0.25, -0.2) is 0 Å². The van der Waals surface area contributed by atoms with Gasteiger partial charge in [-0.3, -0.25) is 5.43 Å². The highest BCUT2D eigenvalue weighted by molar-refractivity contribution is 7.80. The summed E-state index contributed by atoms with van der Waals surface area (Å²) >= 11 is 17.0. The number of nitrogens with zero attached hydrogens (tertiary/aromatic N) is 1. The molecule has 0 aliphatic carbocycles. The summed E-state index contributed by atoms with van der Waals surface area (Å²) in [6.07, 6.45) is 1.58. The Kier molecular flexibility index (Phi) is 5.35. The molecule has 0 aliphatic heterocycles. The van der Waals surface area contributed by atoms with Crippen LogP contribution < -0.4 is 10.7 Å². The fourth-order valence-electron chi connectivity index (χ4n) is 1.45. The van der Waals surface area contributed by atoms with Gasteiger partial charge in [0.15, 0.2) is 5.11 Å². The summed E-state index contributed by atoms with van der Waals surface area (Å²) in [5, 5.41) is 8.54. The van der Waals surface area contributed by atoms with E-state index in [1.165, 1.54) is 0 Å². The number of hydrazone groups is 1. The van der Waals surface area contributed by atoms with Crippen molar-refractivity contribution in [3.8, 4) is 0 Å². The zero-order valence-electron chi connectivity index (χ0n) is 10.3. The molecule has 0 heterocycles. The molecule has 0 unspecified atom stereocenters. The third-order valence-electron chi connectivity index (χ3n) is 2.36. The van der Waals surface area contributed by atoms with Crippen molar-refractivity contribution in [2.45, 2.75) is 0 Å². The molecule has 0 radical (unpaired) electrons. The molecule has 0 saturated carbocycles. The van der Waals surface area contributed by atoms with Crippen LogP contribution in [-0.4, -0.2) is 11.3 Å².